The molecule has 4 amide bonds. The summed E-state index contributed by atoms with van der Waals surface area (Å²) in [5.41, 5.74) is 4.58. The third kappa shape index (κ3) is 3.21. The van der Waals surface area contributed by atoms with Crippen LogP contribution in [0.1, 0.15) is 32.1 Å². The van der Waals surface area contributed by atoms with Crippen molar-refractivity contribution in [2.45, 2.75) is 37.6 Å². The van der Waals surface area contributed by atoms with Crippen molar-refractivity contribution < 1.29 is 14.4 Å². The highest BCUT2D eigenvalue weighted by Crippen LogP contribution is 2.34. The van der Waals surface area contributed by atoms with Crippen LogP contribution in [0, 0.1) is 0 Å². The van der Waals surface area contributed by atoms with Crippen LogP contribution in [0.15, 0.2) is 0 Å². The molecule has 114 valence electrons. The molecule has 20 heavy (non-hydrogen) atoms. The van der Waals surface area contributed by atoms with E-state index in [1.807, 2.05) is 0 Å². The maximum absolute atomic E-state index is 12.2. The van der Waals surface area contributed by atoms with Gasteiger partial charge in [0.05, 0.1) is 0 Å². The van der Waals surface area contributed by atoms with E-state index in [-0.39, 0.29) is 30.8 Å². The van der Waals surface area contributed by atoms with E-state index in [4.69, 9.17) is 5.73 Å². The van der Waals surface area contributed by atoms with E-state index in [1.165, 1.54) is 0 Å². The molecule has 0 aromatic rings. The molecule has 1 spiro atoms. The molecule has 7 nitrogen and oxygen atoms in total. The molecule has 1 saturated heterocycles. The molecule has 0 unspecified atom stereocenters. The van der Waals surface area contributed by atoms with Gasteiger partial charge >= 0.3 is 6.03 Å². The van der Waals surface area contributed by atoms with E-state index in [0.717, 1.165) is 17.7 Å². The van der Waals surface area contributed by atoms with Crippen LogP contribution >= 0.6 is 12.4 Å². The normalized spacial score (nSPS) is 19.9. The highest BCUT2D eigenvalue weighted by atomic mass is 35.5. The molecule has 1 aliphatic carbocycles. The quantitative estimate of drug-likeness (QED) is 0.480. The number of imide groups is 1. The summed E-state index contributed by atoms with van der Waals surface area (Å²) in [5, 5.41) is 5.38. The van der Waals surface area contributed by atoms with Crippen LogP contribution in [-0.2, 0) is 9.59 Å². The zero-order valence-corrected chi connectivity index (χ0v) is 12.1. The van der Waals surface area contributed by atoms with Gasteiger partial charge in [-0.3, -0.25) is 14.5 Å². The summed E-state index contributed by atoms with van der Waals surface area (Å²) in [6.45, 7) is 0.744. The Balaban J connectivity index is 0.00000200. The van der Waals surface area contributed by atoms with Gasteiger partial charge in [0.15, 0.2) is 0 Å². The van der Waals surface area contributed by atoms with E-state index in [2.05, 4.69) is 10.6 Å². The zero-order chi connectivity index (χ0) is 13.9. The second-order valence-corrected chi connectivity index (χ2v) is 5.10. The number of hydrogen-bond donors (Lipinski definition) is 3. The molecule has 0 radical (unpaired) electrons. The van der Waals surface area contributed by atoms with Crippen LogP contribution in [0.3, 0.4) is 0 Å². The molecule has 0 atom stereocenters. The van der Waals surface area contributed by atoms with Crippen LogP contribution < -0.4 is 16.4 Å². The van der Waals surface area contributed by atoms with E-state index in [1.54, 1.807) is 0 Å². The molecular formula is C12H21ClN4O3. The second kappa shape index (κ2) is 6.90. The van der Waals surface area contributed by atoms with Gasteiger partial charge in [0, 0.05) is 6.54 Å². The van der Waals surface area contributed by atoms with Gasteiger partial charge in [-0.1, -0.05) is 12.8 Å². The number of rotatable bonds is 5. The Kier molecular flexibility index (Phi) is 5.76. The van der Waals surface area contributed by atoms with E-state index < -0.39 is 11.6 Å². The van der Waals surface area contributed by atoms with Crippen molar-refractivity contribution >= 4 is 30.3 Å². The first-order valence-corrected chi connectivity index (χ1v) is 6.70. The number of halogens is 1. The minimum absolute atomic E-state index is 0. The number of urea groups is 1. The zero-order valence-electron chi connectivity index (χ0n) is 11.3. The van der Waals surface area contributed by atoms with Crippen molar-refractivity contribution in [2.24, 2.45) is 5.73 Å². The standard InChI is InChI=1S/C12H20N4O3.ClH/c13-6-3-7-14-9(17)8-16-10(18)12(15-11(16)19)4-1-2-5-12;/h1-8,13H2,(H,14,17)(H,15,19);1H. The molecule has 2 fully saturated rings. The monoisotopic (exact) mass is 304 g/mol. The summed E-state index contributed by atoms with van der Waals surface area (Å²) >= 11 is 0. The molecule has 8 heteroatoms. The smallest absolute Gasteiger partial charge is 0.325 e. The summed E-state index contributed by atoms with van der Waals surface area (Å²) in [6.07, 6.45) is 3.88. The number of nitrogens with zero attached hydrogens (tertiary/aromatic N) is 1. The molecular weight excluding hydrogens is 284 g/mol. The van der Waals surface area contributed by atoms with Gasteiger partial charge in [-0.05, 0) is 25.8 Å². The molecule has 1 heterocycles. The molecule has 4 N–H and O–H groups in total. The SMILES string of the molecule is Cl.NCCCNC(=O)CN1C(=O)NC2(CCCC2)C1=O. The van der Waals surface area contributed by atoms with Crippen LogP contribution in [0.4, 0.5) is 4.79 Å². The second-order valence-electron chi connectivity index (χ2n) is 5.10. The van der Waals surface area contributed by atoms with Gasteiger partial charge in [-0.25, -0.2) is 4.79 Å². The van der Waals surface area contributed by atoms with Crippen molar-refractivity contribution in [2.75, 3.05) is 19.6 Å². The molecule has 0 aromatic heterocycles. The van der Waals surface area contributed by atoms with Crippen LogP contribution in [-0.4, -0.2) is 47.9 Å². The summed E-state index contributed by atoms with van der Waals surface area (Å²) in [7, 11) is 0. The summed E-state index contributed by atoms with van der Waals surface area (Å²) in [5.74, 6) is -0.587. The van der Waals surface area contributed by atoms with Gasteiger partial charge < -0.3 is 16.4 Å². The van der Waals surface area contributed by atoms with Crippen molar-refractivity contribution in [3.05, 3.63) is 0 Å². The Morgan fingerprint density at radius 2 is 2.00 bits per heavy atom. The molecule has 1 aliphatic heterocycles. The van der Waals surface area contributed by atoms with Crippen molar-refractivity contribution in [3.63, 3.8) is 0 Å². The van der Waals surface area contributed by atoms with Gasteiger partial charge in [-0.15, -0.1) is 12.4 Å². The Bertz CT molecular complexity index is 396. The average Bonchev–Trinajstić information content (AvgIpc) is 2.92. The lowest BCUT2D eigenvalue weighted by Gasteiger charge is -2.19. The average molecular weight is 305 g/mol. The lowest BCUT2D eigenvalue weighted by Crippen LogP contribution is -2.45. The van der Waals surface area contributed by atoms with E-state index >= 15 is 0 Å². The first kappa shape index (κ1) is 16.7. The fourth-order valence-electron chi connectivity index (χ4n) is 2.67. The number of carbonyl (C=O) groups is 3. The van der Waals surface area contributed by atoms with E-state index in [9.17, 15) is 14.4 Å². The van der Waals surface area contributed by atoms with Crippen LogP contribution in [0.2, 0.25) is 0 Å². The fraction of sp³-hybridized carbons (Fsp3) is 0.750. The first-order valence-electron chi connectivity index (χ1n) is 6.70. The highest BCUT2D eigenvalue weighted by Gasteiger charge is 2.52. The fourth-order valence-corrected chi connectivity index (χ4v) is 2.67. The van der Waals surface area contributed by atoms with Gasteiger partial charge in [-0.2, -0.15) is 0 Å². The number of nitrogens with two attached hydrogens (primary N) is 1. The maximum Gasteiger partial charge on any atom is 0.325 e. The van der Waals surface area contributed by atoms with Gasteiger partial charge in [0.2, 0.25) is 5.91 Å². The lowest BCUT2D eigenvalue weighted by molar-refractivity contribution is -0.134. The van der Waals surface area contributed by atoms with Crippen LogP contribution in [0.5, 0.6) is 0 Å². The number of carbonyl (C=O) groups excluding carboxylic acids is 3. The summed E-state index contributed by atoms with van der Waals surface area (Å²) in [6, 6.07) is -0.458. The van der Waals surface area contributed by atoms with E-state index in [0.29, 0.717) is 32.4 Å². The number of nitrogens with one attached hydrogen (secondary N) is 2. The van der Waals surface area contributed by atoms with Gasteiger partial charge in [0.25, 0.3) is 5.91 Å². The number of hydrogen-bond acceptors (Lipinski definition) is 4. The third-order valence-electron chi connectivity index (χ3n) is 3.71. The molecule has 1 saturated carbocycles. The predicted octanol–water partition coefficient (Wildman–Crippen LogP) is -0.262. The largest absolute Gasteiger partial charge is 0.354 e. The minimum Gasteiger partial charge on any atom is -0.354 e. The Hall–Kier alpha value is -1.34. The highest BCUT2D eigenvalue weighted by molar-refractivity contribution is 6.09. The topological polar surface area (TPSA) is 105 Å². The molecule has 0 aromatic carbocycles. The molecule has 0 bridgehead atoms. The van der Waals surface area contributed by atoms with Crippen LogP contribution in [0.25, 0.3) is 0 Å². The van der Waals surface area contributed by atoms with Crippen molar-refractivity contribution in [3.8, 4) is 0 Å². The number of amides is 4. The Morgan fingerprint density at radius 1 is 1.35 bits per heavy atom. The lowest BCUT2D eigenvalue weighted by atomic mass is 9.98. The maximum atomic E-state index is 12.2. The molecule has 2 rings (SSSR count). The minimum atomic E-state index is -0.741. The molecule has 2 aliphatic rings. The van der Waals surface area contributed by atoms with Crippen molar-refractivity contribution in [1.29, 1.82) is 0 Å². The summed E-state index contributed by atoms with van der Waals surface area (Å²) in [4.78, 5) is 36.7. The van der Waals surface area contributed by atoms with Gasteiger partial charge in [0.1, 0.15) is 12.1 Å². The predicted molar refractivity (Wildman–Crippen MR) is 75.4 cm³/mol. The van der Waals surface area contributed by atoms with Crippen molar-refractivity contribution in [1.82, 2.24) is 15.5 Å². The first-order chi connectivity index (χ1) is 9.09. The Morgan fingerprint density at radius 3 is 2.60 bits per heavy atom. The Labute approximate surface area is 124 Å². The summed E-state index contributed by atoms with van der Waals surface area (Å²) < 4.78 is 0. The third-order valence-corrected chi connectivity index (χ3v) is 3.71.